The Morgan fingerprint density at radius 3 is 2.37 bits per heavy atom. The van der Waals surface area contributed by atoms with Gasteiger partial charge in [0, 0.05) is 22.7 Å². The zero-order valence-corrected chi connectivity index (χ0v) is 19.5. The van der Waals surface area contributed by atoms with Crippen LogP contribution in [0.5, 0.6) is 0 Å². The second kappa shape index (κ2) is 9.58. The van der Waals surface area contributed by atoms with Crippen molar-refractivity contribution in [2.24, 2.45) is 0 Å². The van der Waals surface area contributed by atoms with Gasteiger partial charge in [0.05, 0.1) is 11.3 Å². The lowest BCUT2D eigenvalue weighted by Crippen LogP contribution is -2.49. The van der Waals surface area contributed by atoms with Gasteiger partial charge in [0.25, 0.3) is 0 Å². The molecule has 180 valence electrons. The summed E-state index contributed by atoms with van der Waals surface area (Å²) in [7, 11) is 0. The molecule has 0 bridgehead atoms. The van der Waals surface area contributed by atoms with Gasteiger partial charge in [-0.3, -0.25) is 9.59 Å². The zero-order valence-electron chi connectivity index (χ0n) is 18.8. The minimum Gasteiger partial charge on any atom is -0.359 e. The Kier molecular flexibility index (Phi) is 6.72. The minimum absolute atomic E-state index is 0.245. The van der Waals surface area contributed by atoms with Crippen molar-refractivity contribution in [3.63, 3.8) is 0 Å². The van der Waals surface area contributed by atoms with Crippen LogP contribution in [0.4, 0.5) is 18.9 Å². The molecule has 1 heterocycles. The maximum absolute atomic E-state index is 13.4. The first kappa shape index (κ1) is 24.5. The number of rotatable bonds is 6. The number of ketones is 1. The monoisotopic (exact) mass is 498 g/mol. The number of hydrogen-bond donors (Lipinski definition) is 1. The van der Waals surface area contributed by atoms with Crippen LogP contribution in [0.2, 0.25) is 5.02 Å². The third kappa shape index (κ3) is 5.25. The van der Waals surface area contributed by atoms with Crippen molar-refractivity contribution < 1.29 is 22.8 Å². The second-order valence-corrected chi connectivity index (χ2v) is 8.96. The number of alkyl halides is 3. The SMILES string of the molecule is C[C@]1(C(=O)Nc2ccc(Cl)cc2C(=O)c2ccccc2)CC=CN1Cc1ccc(C(F)(F)F)cc1. The highest BCUT2D eigenvalue weighted by Crippen LogP contribution is 2.33. The molecular formula is C27H22ClF3N2O2. The van der Waals surface area contributed by atoms with Crippen LogP contribution in [0.25, 0.3) is 0 Å². The van der Waals surface area contributed by atoms with E-state index in [0.717, 1.165) is 12.1 Å². The number of carbonyl (C=O) groups is 2. The minimum atomic E-state index is -4.41. The molecule has 3 aromatic carbocycles. The van der Waals surface area contributed by atoms with E-state index in [1.807, 2.05) is 6.08 Å². The van der Waals surface area contributed by atoms with E-state index in [2.05, 4.69) is 5.32 Å². The van der Waals surface area contributed by atoms with Crippen molar-refractivity contribution in [3.8, 4) is 0 Å². The Bertz CT molecular complexity index is 1270. The Hall–Kier alpha value is -3.58. The smallest absolute Gasteiger partial charge is 0.359 e. The largest absolute Gasteiger partial charge is 0.416 e. The van der Waals surface area contributed by atoms with Crippen LogP contribution in [-0.4, -0.2) is 22.1 Å². The Morgan fingerprint density at radius 1 is 1.03 bits per heavy atom. The summed E-state index contributed by atoms with van der Waals surface area (Å²) in [4.78, 5) is 28.3. The van der Waals surface area contributed by atoms with Gasteiger partial charge in [-0.25, -0.2) is 0 Å². The number of amides is 1. The normalized spacial score (nSPS) is 17.5. The molecule has 1 aliphatic heterocycles. The summed E-state index contributed by atoms with van der Waals surface area (Å²) >= 11 is 6.14. The molecule has 1 aliphatic rings. The van der Waals surface area contributed by atoms with E-state index in [4.69, 9.17) is 11.6 Å². The molecule has 3 aromatic rings. The van der Waals surface area contributed by atoms with Crippen LogP contribution >= 0.6 is 11.6 Å². The van der Waals surface area contributed by atoms with E-state index < -0.39 is 17.3 Å². The van der Waals surface area contributed by atoms with Crippen LogP contribution in [0, 0.1) is 0 Å². The lowest BCUT2D eigenvalue weighted by Gasteiger charge is -2.35. The van der Waals surface area contributed by atoms with Gasteiger partial charge in [-0.2, -0.15) is 13.2 Å². The number of halogens is 4. The summed E-state index contributed by atoms with van der Waals surface area (Å²) in [5, 5.41) is 3.23. The number of carbonyl (C=O) groups excluding carboxylic acids is 2. The molecule has 8 heteroatoms. The molecule has 4 rings (SSSR count). The molecule has 0 aliphatic carbocycles. The molecule has 1 amide bonds. The van der Waals surface area contributed by atoms with Crippen LogP contribution in [0.1, 0.15) is 40.4 Å². The molecule has 0 unspecified atom stereocenters. The fourth-order valence-electron chi connectivity index (χ4n) is 3.95. The van der Waals surface area contributed by atoms with E-state index in [1.165, 1.54) is 18.2 Å². The average molecular weight is 499 g/mol. The van der Waals surface area contributed by atoms with Gasteiger partial charge in [-0.15, -0.1) is 0 Å². The summed E-state index contributed by atoms with van der Waals surface area (Å²) in [6.45, 7) is 2.00. The fraction of sp³-hybridized carbons (Fsp3) is 0.185. The number of anilines is 1. The Labute approximate surface area is 206 Å². The lowest BCUT2D eigenvalue weighted by atomic mass is 9.95. The standard InChI is InChI=1S/C27H22ClF3N2O2/c1-26(14-5-15-33(26)17-18-8-10-20(11-9-18)27(29,30)31)25(35)32-23-13-12-21(28)16-22(23)24(34)19-6-3-2-4-7-19/h2-13,15-16H,14,17H2,1H3,(H,32,35)/t26-/m1/s1. The third-order valence-electron chi connectivity index (χ3n) is 6.07. The summed E-state index contributed by atoms with van der Waals surface area (Å²) in [5.41, 5.74) is -0.0400. The van der Waals surface area contributed by atoms with Gasteiger partial charge in [-0.05, 0) is 55.4 Å². The van der Waals surface area contributed by atoms with Gasteiger partial charge in [0.2, 0.25) is 5.91 Å². The van der Waals surface area contributed by atoms with Crippen LogP contribution in [0.3, 0.4) is 0 Å². The van der Waals surface area contributed by atoms with Crippen molar-refractivity contribution in [2.75, 3.05) is 5.32 Å². The third-order valence-corrected chi connectivity index (χ3v) is 6.30. The first-order valence-corrected chi connectivity index (χ1v) is 11.3. The summed E-state index contributed by atoms with van der Waals surface area (Å²) < 4.78 is 38.6. The average Bonchev–Trinajstić information content (AvgIpc) is 3.21. The van der Waals surface area contributed by atoms with Crippen molar-refractivity contribution in [3.05, 3.63) is 112 Å². The van der Waals surface area contributed by atoms with Crippen molar-refractivity contribution in [2.45, 2.75) is 31.6 Å². The van der Waals surface area contributed by atoms with Crippen molar-refractivity contribution in [1.29, 1.82) is 0 Å². The first-order valence-electron chi connectivity index (χ1n) is 10.9. The Morgan fingerprint density at radius 2 is 1.71 bits per heavy atom. The van der Waals surface area contributed by atoms with Gasteiger partial charge < -0.3 is 10.2 Å². The number of benzene rings is 3. The van der Waals surface area contributed by atoms with Gasteiger partial charge in [-0.1, -0.05) is 60.1 Å². The van der Waals surface area contributed by atoms with E-state index in [9.17, 15) is 22.8 Å². The molecule has 4 nitrogen and oxygen atoms in total. The fourth-order valence-corrected chi connectivity index (χ4v) is 4.12. The van der Waals surface area contributed by atoms with E-state index in [1.54, 1.807) is 60.5 Å². The van der Waals surface area contributed by atoms with E-state index in [-0.39, 0.29) is 23.8 Å². The van der Waals surface area contributed by atoms with Crippen LogP contribution in [0.15, 0.2) is 85.1 Å². The molecule has 0 radical (unpaired) electrons. The number of nitrogens with one attached hydrogen (secondary N) is 1. The van der Waals surface area contributed by atoms with Gasteiger partial charge in [0.15, 0.2) is 5.78 Å². The number of hydrogen-bond acceptors (Lipinski definition) is 3. The quantitative estimate of drug-likeness (QED) is 0.384. The molecule has 0 saturated heterocycles. The highest BCUT2D eigenvalue weighted by Gasteiger charge is 2.40. The zero-order chi connectivity index (χ0) is 25.2. The molecule has 0 aromatic heterocycles. The Balaban J connectivity index is 1.55. The molecule has 1 atom stereocenters. The molecule has 0 saturated carbocycles. The highest BCUT2D eigenvalue weighted by molar-refractivity contribution is 6.31. The topological polar surface area (TPSA) is 49.4 Å². The van der Waals surface area contributed by atoms with Crippen molar-refractivity contribution in [1.82, 2.24) is 4.90 Å². The van der Waals surface area contributed by atoms with Crippen molar-refractivity contribution >= 4 is 29.0 Å². The molecule has 0 fully saturated rings. The maximum Gasteiger partial charge on any atom is 0.416 e. The van der Waals surface area contributed by atoms with Gasteiger partial charge in [0.1, 0.15) is 5.54 Å². The van der Waals surface area contributed by atoms with Crippen LogP contribution in [-0.2, 0) is 17.5 Å². The second-order valence-electron chi connectivity index (χ2n) is 8.52. The molecule has 0 spiro atoms. The predicted molar refractivity (Wildman–Crippen MR) is 129 cm³/mol. The summed E-state index contributed by atoms with van der Waals surface area (Å²) in [6, 6.07) is 18.2. The first-order chi connectivity index (χ1) is 16.6. The molecule has 35 heavy (non-hydrogen) atoms. The lowest BCUT2D eigenvalue weighted by molar-refractivity contribution is -0.137. The van der Waals surface area contributed by atoms with Gasteiger partial charge >= 0.3 is 6.18 Å². The molecular weight excluding hydrogens is 477 g/mol. The van der Waals surface area contributed by atoms with E-state index in [0.29, 0.717) is 28.3 Å². The van der Waals surface area contributed by atoms with Crippen LogP contribution < -0.4 is 5.32 Å². The maximum atomic E-state index is 13.4. The summed E-state index contributed by atoms with van der Waals surface area (Å²) in [5.74, 6) is -0.626. The number of nitrogens with zero attached hydrogens (tertiary/aromatic N) is 1. The summed E-state index contributed by atoms with van der Waals surface area (Å²) in [6.07, 6.45) is -0.417. The predicted octanol–water partition coefficient (Wildman–Crippen LogP) is 6.71. The van der Waals surface area contributed by atoms with E-state index >= 15 is 0 Å². The highest BCUT2D eigenvalue weighted by atomic mass is 35.5. The molecule has 1 N–H and O–H groups in total.